The highest BCUT2D eigenvalue weighted by Gasteiger charge is 2.10. The fraction of sp³-hybridized carbons (Fsp3) is 0.200. The van der Waals surface area contributed by atoms with Crippen LogP contribution in [0.2, 0.25) is 5.02 Å². The van der Waals surface area contributed by atoms with Gasteiger partial charge in [-0.2, -0.15) is 0 Å². The molecule has 100 valence electrons. The first-order valence-electron chi connectivity index (χ1n) is 5.86. The maximum Gasteiger partial charge on any atom is 0.141 e. The van der Waals surface area contributed by atoms with Crippen LogP contribution in [-0.4, -0.2) is 12.2 Å². The molecular formula is C15H14ClFO2. The van der Waals surface area contributed by atoms with Gasteiger partial charge in [-0.3, -0.25) is 0 Å². The van der Waals surface area contributed by atoms with Gasteiger partial charge in [0, 0.05) is 6.42 Å². The van der Waals surface area contributed by atoms with Gasteiger partial charge < -0.3 is 9.84 Å². The Hall–Kier alpha value is -1.58. The maximum absolute atomic E-state index is 13.0. The Bertz CT molecular complexity index is 555. The molecule has 2 aromatic carbocycles. The van der Waals surface area contributed by atoms with Gasteiger partial charge in [0.25, 0.3) is 0 Å². The summed E-state index contributed by atoms with van der Waals surface area (Å²) in [5.41, 5.74) is 1.57. The molecule has 2 nitrogen and oxygen atoms in total. The number of aliphatic hydroxyl groups is 1. The molecule has 0 amide bonds. The van der Waals surface area contributed by atoms with Gasteiger partial charge in [-0.15, -0.1) is 0 Å². The highest BCUT2D eigenvalue weighted by Crippen LogP contribution is 2.23. The minimum Gasteiger partial charge on any atom is -0.497 e. The number of hydrogen-bond donors (Lipinski definition) is 1. The van der Waals surface area contributed by atoms with Crippen LogP contribution >= 0.6 is 11.6 Å². The molecule has 1 N–H and O–H groups in total. The standard InChI is InChI=1S/C15H14ClFO2/c1-19-12-5-3-11(4-6-12)15(18)9-10-2-7-14(17)13(16)8-10/h2-8,15,18H,9H2,1H3. The summed E-state index contributed by atoms with van der Waals surface area (Å²) in [4.78, 5) is 0. The molecule has 0 aliphatic heterocycles. The molecule has 4 heteroatoms. The van der Waals surface area contributed by atoms with Crippen molar-refractivity contribution in [3.63, 3.8) is 0 Å². The van der Waals surface area contributed by atoms with Crippen molar-refractivity contribution in [2.45, 2.75) is 12.5 Å². The average molecular weight is 281 g/mol. The van der Waals surface area contributed by atoms with E-state index in [1.54, 1.807) is 37.4 Å². The second kappa shape index (κ2) is 6.04. The van der Waals surface area contributed by atoms with Crippen LogP contribution in [0.4, 0.5) is 4.39 Å². The van der Waals surface area contributed by atoms with Gasteiger partial charge in [0.1, 0.15) is 11.6 Å². The fourth-order valence-corrected chi connectivity index (χ4v) is 2.04. The molecule has 0 aromatic heterocycles. The van der Waals surface area contributed by atoms with E-state index in [9.17, 15) is 9.50 Å². The van der Waals surface area contributed by atoms with Crippen molar-refractivity contribution < 1.29 is 14.2 Å². The molecule has 0 fully saturated rings. The number of methoxy groups -OCH3 is 1. The largest absolute Gasteiger partial charge is 0.497 e. The Morgan fingerprint density at radius 3 is 2.47 bits per heavy atom. The van der Waals surface area contributed by atoms with E-state index in [0.717, 1.165) is 16.9 Å². The normalized spacial score (nSPS) is 12.2. The Kier molecular flexibility index (Phi) is 4.40. The van der Waals surface area contributed by atoms with Crippen molar-refractivity contribution in [3.05, 3.63) is 64.4 Å². The topological polar surface area (TPSA) is 29.5 Å². The SMILES string of the molecule is COc1ccc(C(O)Cc2ccc(F)c(Cl)c2)cc1. The van der Waals surface area contributed by atoms with Crippen LogP contribution in [0.25, 0.3) is 0 Å². The lowest BCUT2D eigenvalue weighted by atomic mass is 10.0. The second-order valence-electron chi connectivity index (χ2n) is 4.24. The first-order valence-corrected chi connectivity index (χ1v) is 6.24. The third-order valence-corrected chi connectivity index (χ3v) is 3.20. The van der Waals surface area contributed by atoms with E-state index in [-0.39, 0.29) is 5.02 Å². The lowest BCUT2D eigenvalue weighted by molar-refractivity contribution is 0.178. The summed E-state index contributed by atoms with van der Waals surface area (Å²) in [7, 11) is 1.59. The highest BCUT2D eigenvalue weighted by molar-refractivity contribution is 6.30. The van der Waals surface area contributed by atoms with E-state index < -0.39 is 11.9 Å². The summed E-state index contributed by atoms with van der Waals surface area (Å²) in [6, 6.07) is 11.6. The quantitative estimate of drug-likeness (QED) is 0.924. The Balaban J connectivity index is 2.10. The van der Waals surface area contributed by atoms with Crippen LogP contribution in [0.3, 0.4) is 0 Å². The van der Waals surface area contributed by atoms with Crippen molar-refractivity contribution in [2.75, 3.05) is 7.11 Å². The molecule has 0 aliphatic rings. The van der Waals surface area contributed by atoms with Crippen LogP contribution in [0.15, 0.2) is 42.5 Å². The van der Waals surface area contributed by atoms with Gasteiger partial charge >= 0.3 is 0 Å². The summed E-state index contributed by atoms with van der Waals surface area (Å²) >= 11 is 5.71. The zero-order chi connectivity index (χ0) is 13.8. The van der Waals surface area contributed by atoms with Crippen molar-refractivity contribution in [1.82, 2.24) is 0 Å². The van der Waals surface area contributed by atoms with Gasteiger partial charge in [0.2, 0.25) is 0 Å². The molecule has 1 atom stereocenters. The highest BCUT2D eigenvalue weighted by atomic mass is 35.5. The number of rotatable bonds is 4. The minimum atomic E-state index is -0.660. The number of benzene rings is 2. The van der Waals surface area contributed by atoms with Crippen molar-refractivity contribution in [1.29, 1.82) is 0 Å². The first kappa shape index (κ1) is 13.8. The molecule has 0 bridgehead atoms. The van der Waals surface area contributed by atoms with Gasteiger partial charge in [-0.1, -0.05) is 29.8 Å². The molecule has 0 radical (unpaired) electrons. The van der Waals surface area contributed by atoms with Crippen LogP contribution in [0.5, 0.6) is 5.75 Å². The Morgan fingerprint density at radius 2 is 1.89 bits per heavy atom. The number of hydrogen-bond acceptors (Lipinski definition) is 2. The van der Waals surface area contributed by atoms with Crippen molar-refractivity contribution in [2.24, 2.45) is 0 Å². The van der Waals surface area contributed by atoms with Gasteiger partial charge in [0.15, 0.2) is 0 Å². The predicted molar refractivity (Wildman–Crippen MR) is 73.1 cm³/mol. The maximum atomic E-state index is 13.0. The molecular weight excluding hydrogens is 267 g/mol. The molecule has 1 unspecified atom stereocenters. The lowest BCUT2D eigenvalue weighted by Gasteiger charge is -2.12. The van der Waals surface area contributed by atoms with Crippen LogP contribution in [-0.2, 0) is 6.42 Å². The fourth-order valence-electron chi connectivity index (χ4n) is 1.83. The van der Waals surface area contributed by atoms with Crippen LogP contribution < -0.4 is 4.74 Å². The van der Waals surface area contributed by atoms with Gasteiger partial charge in [0.05, 0.1) is 18.2 Å². The molecule has 0 heterocycles. The summed E-state index contributed by atoms with van der Waals surface area (Å²) in [6.07, 6.45) is -0.279. The molecule has 19 heavy (non-hydrogen) atoms. The second-order valence-corrected chi connectivity index (χ2v) is 4.65. The molecule has 0 spiro atoms. The van der Waals surface area contributed by atoms with Gasteiger partial charge in [-0.25, -0.2) is 4.39 Å². The van der Waals surface area contributed by atoms with Crippen LogP contribution in [0, 0.1) is 5.82 Å². The zero-order valence-electron chi connectivity index (χ0n) is 10.4. The smallest absolute Gasteiger partial charge is 0.141 e. The molecule has 2 rings (SSSR count). The minimum absolute atomic E-state index is 0.0689. The molecule has 2 aromatic rings. The molecule has 0 aliphatic carbocycles. The summed E-state index contributed by atoms with van der Waals surface area (Å²) < 4.78 is 18.1. The van der Waals surface area contributed by atoms with E-state index >= 15 is 0 Å². The number of halogens is 2. The van der Waals surface area contributed by atoms with Crippen molar-refractivity contribution in [3.8, 4) is 5.75 Å². The monoisotopic (exact) mass is 280 g/mol. The van der Waals surface area contributed by atoms with E-state index in [2.05, 4.69) is 0 Å². The predicted octanol–water partition coefficient (Wildman–Crippen LogP) is 3.76. The third kappa shape index (κ3) is 3.46. The van der Waals surface area contributed by atoms with Crippen LogP contribution in [0.1, 0.15) is 17.2 Å². The number of aliphatic hydroxyl groups excluding tert-OH is 1. The summed E-state index contributed by atoms with van der Waals surface area (Å²) in [5.74, 6) is 0.283. The zero-order valence-corrected chi connectivity index (χ0v) is 11.2. The lowest BCUT2D eigenvalue weighted by Crippen LogP contribution is -2.02. The third-order valence-electron chi connectivity index (χ3n) is 2.91. The van der Waals surface area contributed by atoms with Gasteiger partial charge in [-0.05, 0) is 35.4 Å². The average Bonchev–Trinajstić information content (AvgIpc) is 2.43. The Morgan fingerprint density at radius 1 is 1.21 bits per heavy atom. The van der Waals surface area contributed by atoms with E-state index in [1.165, 1.54) is 12.1 Å². The van der Waals surface area contributed by atoms with E-state index in [4.69, 9.17) is 16.3 Å². The summed E-state index contributed by atoms with van der Waals surface area (Å²) in [5, 5.41) is 10.2. The molecule has 0 saturated heterocycles. The summed E-state index contributed by atoms with van der Waals surface area (Å²) in [6.45, 7) is 0. The van der Waals surface area contributed by atoms with E-state index in [0.29, 0.717) is 6.42 Å². The number of ether oxygens (including phenoxy) is 1. The first-order chi connectivity index (χ1) is 9.10. The Labute approximate surface area is 116 Å². The van der Waals surface area contributed by atoms with Crippen molar-refractivity contribution >= 4 is 11.6 Å². The molecule has 0 saturated carbocycles. The van der Waals surface area contributed by atoms with E-state index in [1.807, 2.05) is 0 Å².